The molecule has 1 amide bonds. The van der Waals surface area contributed by atoms with Crippen molar-refractivity contribution in [2.45, 2.75) is 20.0 Å². The van der Waals surface area contributed by atoms with E-state index >= 15 is 0 Å². The quantitative estimate of drug-likeness (QED) is 0.548. The summed E-state index contributed by atoms with van der Waals surface area (Å²) in [6.07, 6.45) is 1.25. The molecule has 0 bridgehead atoms. The second kappa shape index (κ2) is 7.02. The molecule has 0 atom stereocenters. The van der Waals surface area contributed by atoms with Gasteiger partial charge in [0.15, 0.2) is 17.0 Å². The van der Waals surface area contributed by atoms with E-state index in [-0.39, 0.29) is 35.9 Å². The van der Waals surface area contributed by atoms with Crippen LogP contribution in [0.25, 0.3) is 11.2 Å². The molecule has 0 fully saturated rings. The van der Waals surface area contributed by atoms with Crippen molar-refractivity contribution < 1.29 is 13.7 Å². The number of fused-ring (bicyclic) bond motifs is 1. The Hall–Kier alpha value is -3.89. The average Bonchev–Trinajstić information content (AvgIpc) is 3.26. The molecular weight excluding hydrogens is 369 g/mol. The Morgan fingerprint density at radius 3 is 2.79 bits per heavy atom. The van der Waals surface area contributed by atoms with Crippen molar-refractivity contribution in [3.63, 3.8) is 0 Å². The molecule has 0 saturated heterocycles. The molecular formula is C17H14FN7O3. The van der Waals surface area contributed by atoms with Crippen LogP contribution in [0.4, 0.5) is 10.2 Å². The van der Waals surface area contributed by atoms with Crippen LogP contribution in [-0.2, 0) is 17.9 Å². The summed E-state index contributed by atoms with van der Waals surface area (Å²) in [6.45, 7) is 1.71. The van der Waals surface area contributed by atoms with Crippen molar-refractivity contribution in [1.29, 1.82) is 0 Å². The lowest BCUT2D eigenvalue weighted by Gasteiger charge is -2.05. The molecule has 0 aliphatic carbocycles. The van der Waals surface area contributed by atoms with Gasteiger partial charge in [-0.05, 0) is 24.6 Å². The Morgan fingerprint density at radius 1 is 1.29 bits per heavy atom. The molecule has 142 valence electrons. The predicted molar refractivity (Wildman–Crippen MR) is 95.0 cm³/mol. The molecule has 0 radical (unpaired) electrons. The fourth-order valence-corrected chi connectivity index (χ4v) is 2.63. The lowest BCUT2D eigenvalue weighted by Crippen LogP contribution is -2.28. The van der Waals surface area contributed by atoms with Gasteiger partial charge in [0.2, 0.25) is 5.91 Å². The highest BCUT2D eigenvalue weighted by Gasteiger charge is 2.15. The first kappa shape index (κ1) is 17.5. The van der Waals surface area contributed by atoms with Crippen LogP contribution in [0.3, 0.4) is 0 Å². The van der Waals surface area contributed by atoms with Gasteiger partial charge in [-0.3, -0.25) is 14.2 Å². The Morgan fingerprint density at radius 2 is 2.07 bits per heavy atom. The van der Waals surface area contributed by atoms with Gasteiger partial charge >= 0.3 is 0 Å². The van der Waals surface area contributed by atoms with Gasteiger partial charge in [0, 0.05) is 6.07 Å². The Labute approximate surface area is 156 Å². The van der Waals surface area contributed by atoms with Gasteiger partial charge < -0.3 is 9.84 Å². The molecule has 1 aromatic carbocycles. The fourth-order valence-electron chi connectivity index (χ4n) is 2.63. The SMILES string of the molecule is Cc1cc(NC(=O)Cn2cnc3c(nnn3Cc3ccc(F)cc3)c2=O)no1. The summed E-state index contributed by atoms with van der Waals surface area (Å²) in [5, 5.41) is 14.0. The van der Waals surface area contributed by atoms with Crippen molar-refractivity contribution in [2.75, 3.05) is 5.32 Å². The van der Waals surface area contributed by atoms with Crippen molar-refractivity contribution in [3.8, 4) is 0 Å². The van der Waals surface area contributed by atoms with Crippen molar-refractivity contribution >= 4 is 22.9 Å². The molecule has 3 aromatic heterocycles. The van der Waals surface area contributed by atoms with E-state index in [0.29, 0.717) is 5.76 Å². The van der Waals surface area contributed by atoms with Gasteiger partial charge in [-0.2, -0.15) is 0 Å². The molecule has 0 aliphatic rings. The minimum atomic E-state index is -0.498. The van der Waals surface area contributed by atoms with Crippen LogP contribution in [0, 0.1) is 12.7 Å². The van der Waals surface area contributed by atoms with Crippen LogP contribution < -0.4 is 10.9 Å². The normalized spacial score (nSPS) is 11.1. The maximum absolute atomic E-state index is 13.0. The van der Waals surface area contributed by atoms with Crippen LogP contribution in [-0.4, -0.2) is 35.6 Å². The number of carbonyl (C=O) groups excluding carboxylic acids is 1. The number of nitrogens with zero attached hydrogens (tertiary/aromatic N) is 6. The van der Waals surface area contributed by atoms with E-state index in [1.807, 2.05) is 0 Å². The number of amides is 1. The molecule has 0 saturated carbocycles. The number of carbonyl (C=O) groups is 1. The fraction of sp³-hybridized carbons (Fsp3) is 0.176. The highest BCUT2D eigenvalue weighted by Crippen LogP contribution is 2.09. The Bertz CT molecular complexity index is 1210. The van der Waals surface area contributed by atoms with Gasteiger partial charge in [0.25, 0.3) is 5.56 Å². The van der Waals surface area contributed by atoms with E-state index < -0.39 is 11.5 Å². The van der Waals surface area contributed by atoms with Crippen LogP contribution in [0.1, 0.15) is 11.3 Å². The number of nitrogens with one attached hydrogen (secondary N) is 1. The lowest BCUT2D eigenvalue weighted by atomic mass is 10.2. The second-order valence-electron chi connectivity index (χ2n) is 6.09. The summed E-state index contributed by atoms with van der Waals surface area (Å²) in [7, 11) is 0. The first-order chi connectivity index (χ1) is 13.5. The van der Waals surface area contributed by atoms with E-state index in [2.05, 4.69) is 25.8 Å². The van der Waals surface area contributed by atoms with Crippen molar-refractivity contribution in [1.82, 2.24) is 29.7 Å². The molecule has 28 heavy (non-hydrogen) atoms. The predicted octanol–water partition coefficient (Wildman–Crippen LogP) is 1.11. The summed E-state index contributed by atoms with van der Waals surface area (Å²) < 4.78 is 20.5. The second-order valence-corrected chi connectivity index (χ2v) is 6.09. The maximum atomic E-state index is 13.0. The number of aromatic nitrogens is 6. The first-order valence-corrected chi connectivity index (χ1v) is 8.26. The molecule has 4 rings (SSSR count). The van der Waals surface area contributed by atoms with Crippen LogP contribution >= 0.6 is 0 Å². The summed E-state index contributed by atoms with van der Waals surface area (Å²) in [6, 6.07) is 7.46. The zero-order chi connectivity index (χ0) is 19.7. The monoisotopic (exact) mass is 383 g/mol. The zero-order valence-corrected chi connectivity index (χ0v) is 14.7. The number of halogens is 1. The summed E-state index contributed by atoms with van der Waals surface area (Å²) in [4.78, 5) is 28.9. The zero-order valence-electron chi connectivity index (χ0n) is 14.7. The van der Waals surface area contributed by atoms with E-state index in [4.69, 9.17) is 4.52 Å². The number of aryl methyl sites for hydroxylation is 1. The smallest absolute Gasteiger partial charge is 0.283 e. The highest BCUT2D eigenvalue weighted by molar-refractivity contribution is 5.89. The van der Waals surface area contributed by atoms with Crippen LogP contribution in [0.2, 0.25) is 0 Å². The van der Waals surface area contributed by atoms with Crippen LogP contribution in [0.15, 0.2) is 46.0 Å². The lowest BCUT2D eigenvalue weighted by molar-refractivity contribution is -0.116. The number of anilines is 1. The minimum Gasteiger partial charge on any atom is -0.360 e. The Balaban J connectivity index is 1.55. The third-order valence-electron chi connectivity index (χ3n) is 3.95. The van der Waals surface area contributed by atoms with Crippen LogP contribution in [0.5, 0.6) is 0 Å². The molecule has 1 N–H and O–H groups in total. The van der Waals surface area contributed by atoms with Gasteiger partial charge in [0.05, 0.1) is 6.54 Å². The molecule has 10 nitrogen and oxygen atoms in total. The van der Waals surface area contributed by atoms with Gasteiger partial charge in [-0.25, -0.2) is 14.1 Å². The van der Waals surface area contributed by atoms with Gasteiger partial charge in [0.1, 0.15) is 24.4 Å². The third kappa shape index (κ3) is 3.49. The van der Waals surface area contributed by atoms with E-state index in [9.17, 15) is 14.0 Å². The van der Waals surface area contributed by atoms with Gasteiger partial charge in [-0.15, -0.1) is 5.10 Å². The number of rotatable bonds is 5. The summed E-state index contributed by atoms with van der Waals surface area (Å²) in [5.74, 6) is 0.00525. The number of hydrogen-bond donors (Lipinski definition) is 1. The molecule has 0 aliphatic heterocycles. The highest BCUT2D eigenvalue weighted by atomic mass is 19.1. The van der Waals surface area contributed by atoms with Gasteiger partial charge in [-0.1, -0.05) is 22.5 Å². The molecule has 3 heterocycles. The summed E-state index contributed by atoms with van der Waals surface area (Å²) in [5.41, 5.74) is 0.594. The summed E-state index contributed by atoms with van der Waals surface area (Å²) >= 11 is 0. The topological polar surface area (TPSA) is 121 Å². The standard InChI is InChI=1S/C17H14FN7O3/c1-10-6-13(22-28-10)20-14(26)8-24-9-19-16-15(17(24)27)21-23-25(16)7-11-2-4-12(18)5-3-11/h2-6,9H,7-8H2,1H3,(H,20,22,26). The minimum absolute atomic E-state index is 0.0368. The third-order valence-corrected chi connectivity index (χ3v) is 3.95. The van der Waals surface area contributed by atoms with E-state index in [0.717, 1.165) is 10.1 Å². The largest absolute Gasteiger partial charge is 0.360 e. The van der Waals surface area contributed by atoms with Crippen molar-refractivity contribution in [3.05, 3.63) is 64.2 Å². The first-order valence-electron chi connectivity index (χ1n) is 8.26. The molecule has 0 unspecified atom stereocenters. The van der Waals surface area contributed by atoms with E-state index in [1.165, 1.54) is 23.1 Å². The van der Waals surface area contributed by atoms with E-state index in [1.54, 1.807) is 25.1 Å². The average molecular weight is 383 g/mol. The molecule has 11 heteroatoms. The maximum Gasteiger partial charge on any atom is 0.283 e. The Kier molecular flexibility index (Phi) is 4.39. The molecule has 0 spiro atoms. The van der Waals surface area contributed by atoms with Crippen molar-refractivity contribution in [2.24, 2.45) is 0 Å². The molecule has 4 aromatic rings. The number of benzene rings is 1. The number of hydrogen-bond acceptors (Lipinski definition) is 7.